The van der Waals surface area contributed by atoms with Crippen LogP contribution in [0.25, 0.3) is 0 Å². The fourth-order valence-corrected chi connectivity index (χ4v) is 3.73. The van der Waals surface area contributed by atoms with Gasteiger partial charge in [-0.25, -0.2) is 9.59 Å². The SMILES string of the molecule is CC[C@H](C)C(NC(=O)C(CSc1ccccc1)NC(=O)CN(C)C(=O)OC(C)(C)C)C(=O)OC. The zero-order valence-corrected chi connectivity index (χ0v) is 21.9. The van der Waals surface area contributed by atoms with Crippen LogP contribution in [0.5, 0.6) is 0 Å². The molecule has 1 rings (SSSR count). The summed E-state index contributed by atoms with van der Waals surface area (Å²) >= 11 is 1.39. The largest absolute Gasteiger partial charge is 0.467 e. The van der Waals surface area contributed by atoms with E-state index in [1.54, 1.807) is 20.8 Å². The Balaban J connectivity index is 2.94. The second-order valence-corrected chi connectivity index (χ2v) is 10.1. The quantitative estimate of drug-likeness (QED) is 0.358. The summed E-state index contributed by atoms with van der Waals surface area (Å²) in [5.74, 6) is -1.51. The fraction of sp³-hybridized carbons (Fsp3) is 0.583. The Kier molecular flexibility index (Phi) is 11.9. The summed E-state index contributed by atoms with van der Waals surface area (Å²) < 4.78 is 10.1. The van der Waals surface area contributed by atoms with Gasteiger partial charge in [0.2, 0.25) is 11.8 Å². The standard InChI is InChI=1S/C24H37N3O6S/c1-8-16(2)20(22(30)32-7)26-21(29)18(15-34-17-12-10-9-11-13-17)25-19(28)14-27(6)23(31)33-24(3,4)5/h9-13,16,18,20H,8,14-15H2,1-7H3,(H,25,28)(H,26,29)/t16-,18?,20?/m0/s1. The molecule has 0 aliphatic heterocycles. The van der Waals surface area contributed by atoms with Gasteiger partial charge in [0.25, 0.3) is 0 Å². The first-order chi connectivity index (χ1) is 15.9. The molecule has 0 radical (unpaired) electrons. The highest BCUT2D eigenvalue weighted by atomic mass is 32.2. The molecule has 0 saturated carbocycles. The molecule has 0 heterocycles. The average molecular weight is 496 g/mol. The lowest BCUT2D eigenvalue weighted by Gasteiger charge is -2.26. The number of nitrogens with one attached hydrogen (secondary N) is 2. The van der Waals surface area contributed by atoms with Gasteiger partial charge in [-0.05, 0) is 38.8 Å². The van der Waals surface area contributed by atoms with E-state index in [0.717, 1.165) is 9.80 Å². The molecule has 190 valence electrons. The van der Waals surface area contributed by atoms with Crippen LogP contribution in [-0.4, -0.2) is 72.9 Å². The highest BCUT2D eigenvalue weighted by Gasteiger charge is 2.31. The molecule has 0 bridgehead atoms. The summed E-state index contributed by atoms with van der Waals surface area (Å²) in [6, 6.07) is 7.65. The van der Waals surface area contributed by atoms with Gasteiger partial charge in [0.1, 0.15) is 24.2 Å². The van der Waals surface area contributed by atoms with Crippen LogP contribution in [0.15, 0.2) is 35.2 Å². The number of likely N-dealkylation sites (N-methyl/N-ethyl adjacent to an activating group) is 1. The van der Waals surface area contributed by atoms with Gasteiger partial charge in [-0.1, -0.05) is 38.5 Å². The zero-order valence-electron chi connectivity index (χ0n) is 21.0. The van der Waals surface area contributed by atoms with Crippen LogP contribution < -0.4 is 10.6 Å². The van der Waals surface area contributed by atoms with Crippen LogP contribution in [0.1, 0.15) is 41.0 Å². The van der Waals surface area contributed by atoms with Crippen molar-refractivity contribution in [2.75, 3.05) is 26.5 Å². The second kappa shape index (κ2) is 13.8. The van der Waals surface area contributed by atoms with Gasteiger partial charge in [0, 0.05) is 17.7 Å². The number of amides is 3. The molecule has 1 aromatic rings. The molecule has 0 aliphatic carbocycles. The van der Waals surface area contributed by atoms with Gasteiger partial charge < -0.3 is 25.0 Å². The normalized spacial score (nSPS) is 13.7. The van der Waals surface area contributed by atoms with Crippen LogP contribution in [0, 0.1) is 5.92 Å². The number of carbonyl (C=O) groups is 4. The lowest BCUT2D eigenvalue weighted by Crippen LogP contribution is -2.55. The molecule has 0 aromatic heterocycles. The highest BCUT2D eigenvalue weighted by Crippen LogP contribution is 2.18. The van der Waals surface area contributed by atoms with Crippen LogP contribution in [0.2, 0.25) is 0 Å². The van der Waals surface area contributed by atoms with Crippen molar-refractivity contribution in [3.63, 3.8) is 0 Å². The number of hydrogen-bond donors (Lipinski definition) is 2. The van der Waals surface area contributed by atoms with E-state index in [9.17, 15) is 19.2 Å². The third kappa shape index (κ3) is 10.5. The van der Waals surface area contributed by atoms with Crippen LogP contribution in [0.4, 0.5) is 4.79 Å². The summed E-state index contributed by atoms with van der Waals surface area (Å²) in [4.78, 5) is 52.2. The van der Waals surface area contributed by atoms with Crippen LogP contribution in [0.3, 0.4) is 0 Å². The predicted molar refractivity (Wildman–Crippen MR) is 131 cm³/mol. The third-order valence-electron chi connectivity index (χ3n) is 4.86. The molecule has 0 saturated heterocycles. The first-order valence-electron chi connectivity index (χ1n) is 11.2. The Bertz CT molecular complexity index is 828. The molecular weight excluding hydrogens is 458 g/mol. The maximum absolute atomic E-state index is 13.1. The molecule has 0 aliphatic rings. The number of esters is 1. The molecule has 3 amide bonds. The molecule has 0 spiro atoms. The summed E-state index contributed by atoms with van der Waals surface area (Å²) in [6.07, 6.45) is 0.00103. The van der Waals surface area contributed by atoms with Crippen molar-refractivity contribution >= 4 is 35.6 Å². The summed E-state index contributed by atoms with van der Waals surface area (Å²) in [5.41, 5.74) is -0.699. The first-order valence-corrected chi connectivity index (χ1v) is 12.2. The van der Waals surface area contributed by atoms with Crippen molar-refractivity contribution in [2.45, 2.75) is 63.6 Å². The van der Waals surface area contributed by atoms with Crippen LogP contribution >= 0.6 is 11.8 Å². The van der Waals surface area contributed by atoms with Crippen molar-refractivity contribution < 1.29 is 28.7 Å². The lowest BCUT2D eigenvalue weighted by molar-refractivity contribution is -0.146. The van der Waals surface area contributed by atoms with Crippen molar-refractivity contribution in [1.29, 1.82) is 0 Å². The van der Waals surface area contributed by atoms with Crippen molar-refractivity contribution in [1.82, 2.24) is 15.5 Å². The molecular formula is C24H37N3O6S. The second-order valence-electron chi connectivity index (χ2n) is 8.98. The van der Waals surface area contributed by atoms with Gasteiger partial charge in [0.15, 0.2) is 0 Å². The van der Waals surface area contributed by atoms with Crippen LogP contribution in [-0.2, 0) is 23.9 Å². The number of hydrogen-bond acceptors (Lipinski definition) is 7. The van der Waals surface area contributed by atoms with Gasteiger partial charge in [-0.2, -0.15) is 0 Å². The summed E-state index contributed by atoms with van der Waals surface area (Å²) in [6.45, 7) is 8.65. The maximum atomic E-state index is 13.1. The number of thioether (sulfide) groups is 1. The molecule has 9 nitrogen and oxygen atoms in total. The van der Waals surface area contributed by atoms with E-state index < -0.39 is 41.6 Å². The number of rotatable bonds is 11. The van der Waals surface area contributed by atoms with Crippen molar-refractivity contribution in [3.05, 3.63) is 30.3 Å². The number of nitrogens with zero attached hydrogens (tertiary/aromatic N) is 1. The minimum absolute atomic E-state index is 0.159. The van der Waals surface area contributed by atoms with Gasteiger partial charge in [-0.15, -0.1) is 11.8 Å². The number of methoxy groups -OCH3 is 1. The van der Waals surface area contributed by atoms with E-state index in [0.29, 0.717) is 6.42 Å². The Labute approximate surface area is 206 Å². The van der Waals surface area contributed by atoms with E-state index in [1.807, 2.05) is 44.2 Å². The molecule has 3 atom stereocenters. The molecule has 34 heavy (non-hydrogen) atoms. The Hall–Kier alpha value is -2.75. The topological polar surface area (TPSA) is 114 Å². The number of ether oxygens (including phenoxy) is 2. The average Bonchev–Trinajstić information content (AvgIpc) is 2.78. The van der Waals surface area contributed by atoms with E-state index in [4.69, 9.17) is 9.47 Å². The Morgan fingerprint density at radius 3 is 2.24 bits per heavy atom. The zero-order chi connectivity index (χ0) is 25.9. The van der Waals surface area contributed by atoms with Crippen molar-refractivity contribution in [3.8, 4) is 0 Å². The van der Waals surface area contributed by atoms with Crippen molar-refractivity contribution in [2.24, 2.45) is 5.92 Å². The van der Waals surface area contributed by atoms with E-state index in [1.165, 1.54) is 25.9 Å². The minimum Gasteiger partial charge on any atom is -0.467 e. The Morgan fingerprint density at radius 2 is 1.71 bits per heavy atom. The van der Waals surface area contributed by atoms with Gasteiger partial charge in [-0.3, -0.25) is 9.59 Å². The summed E-state index contributed by atoms with van der Waals surface area (Å²) in [7, 11) is 2.71. The monoisotopic (exact) mass is 495 g/mol. The predicted octanol–water partition coefficient (Wildman–Crippen LogP) is 2.83. The summed E-state index contributed by atoms with van der Waals surface area (Å²) in [5, 5.41) is 5.40. The third-order valence-corrected chi connectivity index (χ3v) is 5.97. The smallest absolute Gasteiger partial charge is 0.410 e. The van der Waals surface area contributed by atoms with Gasteiger partial charge >= 0.3 is 12.1 Å². The fourth-order valence-electron chi connectivity index (χ4n) is 2.79. The van der Waals surface area contributed by atoms with E-state index >= 15 is 0 Å². The highest BCUT2D eigenvalue weighted by molar-refractivity contribution is 7.99. The molecule has 2 unspecified atom stereocenters. The molecule has 10 heteroatoms. The van der Waals surface area contributed by atoms with Gasteiger partial charge in [0.05, 0.1) is 7.11 Å². The first kappa shape index (κ1) is 29.3. The van der Waals surface area contributed by atoms with E-state index in [-0.39, 0.29) is 18.2 Å². The molecule has 2 N–H and O–H groups in total. The number of carbonyl (C=O) groups excluding carboxylic acids is 4. The number of benzene rings is 1. The maximum Gasteiger partial charge on any atom is 0.410 e. The van der Waals surface area contributed by atoms with E-state index in [2.05, 4.69) is 10.6 Å². The Morgan fingerprint density at radius 1 is 1.09 bits per heavy atom. The molecule has 0 fully saturated rings. The molecule has 1 aromatic carbocycles. The minimum atomic E-state index is -0.944. The lowest BCUT2D eigenvalue weighted by atomic mass is 9.99.